The number of rotatable bonds is 42. The van der Waals surface area contributed by atoms with Crippen LogP contribution >= 0.6 is 0 Å². The van der Waals surface area contributed by atoms with Gasteiger partial charge in [0.05, 0.1) is 78.2 Å². The molecule has 0 radical (unpaired) electrons. The van der Waals surface area contributed by atoms with Gasteiger partial charge in [-0.05, 0) is 50.9 Å². The van der Waals surface area contributed by atoms with Gasteiger partial charge in [-0.1, -0.05) is 282 Å². The maximum atomic E-state index is 10.7. The third-order valence-corrected chi connectivity index (χ3v) is 15.3. The van der Waals surface area contributed by atoms with Crippen molar-refractivity contribution in [2.45, 2.75) is 172 Å². The molecule has 456 valence electrons. The second-order valence-electron chi connectivity index (χ2n) is 22.0. The summed E-state index contributed by atoms with van der Waals surface area (Å²) < 4.78 is 69.6. The minimum absolute atomic E-state index is 0.127. The molecular formula is C73H89N3O10. The summed E-state index contributed by atoms with van der Waals surface area (Å²) >= 11 is 0. The van der Waals surface area contributed by atoms with E-state index in [2.05, 4.69) is 16.9 Å². The monoisotopic (exact) mass is 1170 g/mol. The molecule has 0 amide bonds. The van der Waals surface area contributed by atoms with E-state index in [0.29, 0.717) is 13.2 Å². The van der Waals surface area contributed by atoms with Crippen LogP contribution in [0, 0.1) is 0 Å². The van der Waals surface area contributed by atoms with Gasteiger partial charge in [-0.2, -0.15) is 0 Å². The Kier molecular flexibility index (Phi) is 29.9. The zero-order valence-electron chi connectivity index (χ0n) is 50.2. The molecule has 13 heteroatoms. The van der Waals surface area contributed by atoms with Crippen molar-refractivity contribution in [3.8, 4) is 0 Å². The Labute approximate surface area is 510 Å². The van der Waals surface area contributed by atoms with Gasteiger partial charge in [0, 0.05) is 11.5 Å². The van der Waals surface area contributed by atoms with E-state index in [1.165, 1.54) is 51.4 Å². The quantitative estimate of drug-likeness (QED) is 0.0157. The Morgan fingerprint density at radius 3 is 1.23 bits per heavy atom. The van der Waals surface area contributed by atoms with E-state index in [1.807, 2.05) is 212 Å². The summed E-state index contributed by atoms with van der Waals surface area (Å²) in [6, 6.07) is 69.0. The Balaban J connectivity index is 1.12. The highest BCUT2D eigenvalue weighted by atomic mass is 16.7. The van der Waals surface area contributed by atoms with Crippen molar-refractivity contribution < 1.29 is 47.4 Å². The molecule has 1 saturated heterocycles. The first-order valence-corrected chi connectivity index (χ1v) is 31.1. The average Bonchev–Trinajstić information content (AvgIpc) is 3.58. The maximum Gasteiger partial charge on any atom is 0.186 e. The minimum atomic E-state index is -1.11. The molecule has 0 spiro atoms. The number of benzene rings is 7. The first-order valence-electron chi connectivity index (χ1n) is 31.1. The van der Waals surface area contributed by atoms with Crippen LogP contribution in [0.4, 0.5) is 0 Å². The summed E-state index contributed by atoms with van der Waals surface area (Å²) in [6.07, 6.45) is 5.49. The molecule has 7 aromatic rings. The van der Waals surface area contributed by atoms with Crippen LogP contribution < -0.4 is 0 Å². The molecule has 0 N–H and O–H groups in total. The van der Waals surface area contributed by atoms with Crippen molar-refractivity contribution in [1.82, 2.24) is 0 Å². The summed E-state index contributed by atoms with van der Waals surface area (Å²) in [7, 11) is 0. The molecule has 0 aliphatic carbocycles. The van der Waals surface area contributed by atoms with E-state index in [9.17, 15) is 5.53 Å². The Hall–Kier alpha value is -6.55. The number of hydrogen-bond donors (Lipinski definition) is 0. The summed E-state index contributed by atoms with van der Waals surface area (Å²) in [5.41, 5.74) is 17.4. The third kappa shape index (κ3) is 23.3. The van der Waals surface area contributed by atoms with Gasteiger partial charge in [-0.15, -0.1) is 0 Å². The number of nitrogens with zero attached hydrogens (tertiary/aromatic N) is 3. The molecule has 1 aliphatic heterocycles. The topological polar surface area (TPSA) is 141 Å². The van der Waals surface area contributed by atoms with Gasteiger partial charge in [-0.25, -0.2) is 0 Å². The van der Waals surface area contributed by atoms with Crippen LogP contribution in [-0.4, -0.2) is 81.5 Å². The van der Waals surface area contributed by atoms with Gasteiger partial charge in [0.2, 0.25) is 0 Å². The van der Waals surface area contributed by atoms with Crippen LogP contribution in [0.1, 0.15) is 110 Å². The largest absolute Gasteiger partial charge is 0.379 e. The van der Waals surface area contributed by atoms with Crippen LogP contribution in [0.15, 0.2) is 217 Å². The lowest BCUT2D eigenvalue weighted by Crippen LogP contribution is -2.62. The van der Waals surface area contributed by atoms with E-state index in [0.717, 1.165) is 51.8 Å². The molecule has 9 atom stereocenters. The van der Waals surface area contributed by atoms with Crippen molar-refractivity contribution in [2.75, 3.05) is 26.4 Å². The standard InChI is InChI=1S/C73H89N3O10/c1-2-3-4-5-6-7-8-9-10-32-47-77-56-66(79-49-59-35-20-12-21-36-59)69(81-51-61-39-24-14-25-40-61)68(80-50-60-37-22-13-23-38-60)65(75-76-74)55-85-73-72(84-54-64-45-30-17-31-46-64)71(83-53-63-43-28-16-29-44-63)70(82-52-62-41-26-15-27-42-62)67(86-73)57-78-48-58-33-18-11-19-34-58/h11-31,33-46,65-73H,2-10,32,47-57H2,1H3/t65-,66-,67+,68+,69+,70-,71-,72+,73-/m0/s1. The van der Waals surface area contributed by atoms with Crippen molar-refractivity contribution in [1.29, 1.82) is 0 Å². The molecule has 0 unspecified atom stereocenters. The van der Waals surface area contributed by atoms with Crippen molar-refractivity contribution in [3.05, 3.63) is 262 Å². The first-order chi connectivity index (χ1) is 42.6. The van der Waals surface area contributed by atoms with Gasteiger partial charge in [0.15, 0.2) is 6.29 Å². The molecule has 86 heavy (non-hydrogen) atoms. The number of azide groups is 1. The number of unbranched alkanes of at least 4 members (excludes halogenated alkanes) is 9. The fraction of sp³-hybridized carbons (Fsp3) is 0.425. The van der Waals surface area contributed by atoms with Crippen LogP contribution in [-0.2, 0) is 93.6 Å². The van der Waals surface area contributed by atoms with Crippen molar-refractivity contribution in [3.63, 3.8) is 0 Å². The van der Waals surface area contributed by atoms with E-state index in [-0.39, 0.29) is 59.5 Å². The lowest BCUT2D eigenvalue weighted by molar-refractivity contribution is -0.330. The average molecular weight is 1170 g/mol. The predicted octanol–water partition coefficient (Wildman–Crippen LogP) is 16.1. The molecule has 7 aromatic carbocycles. The van der Waals surface area contributed by atoms with Gasteiger partial charge in [0.1, 0.15) is 36.6 Å². The van der Waals surface area contributed by atoms with Crippen LogP contribution in [0.5, 0.6) is 0 Å². The van der Waals surface area contributed by atoms with Crippen LogP contribution in [0.2, 0.25) is 0 Å². The van der Waals surface area contributed by atoms with Crippen molar-refractivity contribution >= 4 is 0 Å². The third-order valence-electron chi connectivity index (χ3n) is 15.3. The Morgan fingerprint density at radius 1 is 0.395 bits per heavy atom. The minimum Gasteiger partial charge on any atom is -0.379 e. The molecule has 8 rings (SSSR count). The second kappa shape index (κ2) is 39.3. The van der Waals surface area contributed by atoms with Crippen LogP contribution in [0.25, 0.3) is 10.4 Å². The summed E-state index contributed by atoms with van der Waals surface area (Å²) in [5.74, 6) is 0. The molecule has 0 aromatic heterocycles. The van der Waals surface area contributed by atoms with Gasteiger partial charge in [-0.3, -0.25) is 0 Å². The Bertz CT molecular complexity index is 2860. The summed E-state index contributed by atoms with van der Waals surface area (Å²) in [4.78, 5) is 3.49. The Morgan fingerprint density at radius 2 is 0.779 bits per heavy atom. The SMILES string of the molecule is CCCCCCCCCCCCOC[C@H](OCc1ccccc1)[C@@H](OCc1ccccc1)[C@H](OCc1ccccc1)[C@H](CO[C@H]1O[C@H](COCc2ccccc2)[C@H](OCc2ccccc2)[C@H](OCc2ccccc2)[C@H]1OCc1ccccc1)N=[N+]=[N-]. The van der Waals surface area contributed by atoms with Crippen molar-refractivity contribution in [2.24, 2.45) is 5.11 Å². The van der Waals surface area contributed by atoms with Gasteiger partial charge < -0.3 is 47.4 Å². The molecule has 0 saturated carbocycles. The highest BCUT2D eigenvalue weighted by Gasteiger charge is 2.50. The number of hydrogen-bond acceptors (Lipinski definition) is 11. The molecular weight excluding hydrogens is 1080 g/mol. The normalized spacial score (nSPS) is 18.2. The molecule has 1 heterocycles. The summed E-state index contributed by atoms with van der Waals surface area (Å²) in [6.45, 7) is 4.64. The van der Waals surface area contributed by atoms with E-state index >= 15 is 0 Å². The summed E-state index contributed by atoms with van der Waals surface area (Å²) in [5, 5.41) is 4.53. The van der Waals surface area contributed by atoms with E-state index in [4.69, 9.17) is 47.4 Å². The highest BCUT2D eigenvalue weighted by Crippen LogP contribution is 2.33. The zero-order chi connectivity index (χ0) is 59.3. The fourth-order valence-corrected chi connectivity index (χ4v) is 10.6. The highest BCUT2D eigenvalue weighted by molar-refractivity contribution is 5.19. The second-order valence-corrected chi connectivity index (χ2v) is 22.0. The molecule has 1 fully saturated rings. The van der Waals surface area contributed by atoms with E-state index in [1.54, 1.807) is 0 Å². The number of ether oxygens (including phenoxy) is 10. The zero-order valence-corrected chi connectivity index (χ0v) is 50.2. The van der Waals surface area contributed by atoms with Gasteiger partial charge >= 0.3 is 0 Å². The fourth-order valence-electron chi connectivity index (χ4n) is 10.6. The predicted molar refractivity (Wildman–Crippen MR) is 336 cm³/mol. The maximum absolute atomic E-state index is 10.7. The lowest BCUT2D eigenvalue weighted by Gasteiger charge is -2.46. The smallest absolute Gasteiger partial charge is 0.186 e. The van der Waals surface area contributed by atoms with Crippen LogP contribution in [0.3, 0.4) is 0 Å². The lowest BCUT2D eigenvalue weighted by atomic mass is 9.97. The molecule has 13 nitrogen and oxygen atoms in total. The first kappa shape index (κ1) is 65.4. The molecule has 0 bridgehead atoms. The van der Waals surface area contributed by atoms with Gasteiger partial charge in [0.25, 0.3) is 0 Å². The van der Waals surface area contributed by atoms with E-state index < -0.39 is 55.1 Å². The molecule has 1 aliphatic rings.